The molecule has 1 heterocycles. The van der Waals surface area contributed by atoms with Crippen LogP contribution in [0.1, 0.15) is 13.8 Å². The first-order chi connectivity index (χ1) is 6.19. The minimum atomic E-state index is -0.922. The molecule has 0 aromatic carbocycles. The molecule has 0 spiro atoms. The summed E-state index contributed by atoms with van der Waals surface area (Å²) in [6, 6.07) is 0. The van der Waals surface area contributed by atoms with Gasteiger partial charge in [0.2, 0.25) is 0 Å². The third-order valence-electron chi connectivity index (χ3n) is 1.85. The molecule has 0 saturated carbocycles. The average molecular weight is 180 g/mol. The van der Waals surface area contributed by atoms with Crippen LogP contribution in [0.5, 0.6) is 0 Å². The Bertz CT molecular complexity index is 308. The standard InChI is InChI=1S/C10H12O3/c1-3-7-5-8(10(11)12)6-13-9(7)4-2/h3-5H,6H2,1-2H3,(H,11,12)/b7-3-,9-4+. The fourth-order valence-electron chi connectivity index (χ4n) is 1.14. The number of aliphatic carboxylic acids is 1. The normalized spacial score (nSPS) is 22.8. The topological polar surface area (TPSA) is 46.5 Å². The van der Waals surface area contributed by atoms with Crippen LogP contribution in [0.4, 0.5) is 0 Å². The van der Waals surface area contributed by atoms with Crippen molar-refractivity contribution >= 4 is 5.97 Å². The average Bonchev–Trinajstić information content (AvgIpc) is 2.16. The highest BCUT2D eigenvalue weighted by Crippen LogP contribution is 2.21. The van der Waals surface area contributed by atoms with Crippen LogP contribution in [-0.4, -0.2) is 17.7 Å². The highest BCUT2D eigenvalue weighted by atomic mass is 16.5. The first-order valence-corrected chi connectivity index (χ1v) is 4.08. The molecule has 3 nitrogen and oxygen atoms in total. The van der Waals surface area contributed by atoms with Crippen LogP contribution in [0, 0.1) is 0 Å². The summed E-state index contributed by atoms with van der Waals surface area (Å²) in [5.41, 5.74) is 1.12. The highest BCUT2D eigenvalue weighted by molar-refractivity contribution is 5.88. The van der Waals surface area contributed by atoms with E-state index in [1.807, 2.05) is 26.0 Å². The van der Waals surface area contributed by atoms with E-state index in [0.717, 1.165) is 11.3 Å². The monoisotopic (exact) mass is 180 g/mol. The van der Waals surface area contributed by atoms with Gasteiger partial charge in [-0.05, 0) is 26.0 Å². The lowest BCUT2D eigenvalue weighted by Crippen LogP contribution is -2.13. The van der Waals surface area contributed by atoms with Crippen molar-refractivity contribution in [2.75, 3.05) is 6.61 Å². The smallest absolute Gasteiger partial charge is 0.335 e. The Labute approximate surface area is 77.0 Å². The second kappa shape index (κ2) is 3.94. The van der Waals surface area contributed by atoms with E-state index < -0.39 is 5.97 Å². The maximum atomic E-state index is 10.6. The lowest BCUT2D eigenvalue weighted by atomic mass is 10.1. The van der Waals surface area contributed by atoms with Crippen molar-refractivity contribution < 1.29 is 14.6 Å². The van der Waals surface area contributed by atoms with Crippen molar-refractivity contribution in [3.05, 3.63) is 35.1 Å². The molecule has 0 atom stereocenters. The quantitative estimate of drug-likeness (QED) is 0.670. The van der Waals surface area contributed by atoms with Crippen molar-refractivity contribution in [3.63, 3.8) is 0 Å². The summed E-state index contributed by atoms with van der Waals surface area (Å²) in [7, 11) is 0. The van der Waals surface area contributed by atoms with E-state index in [1.54, 1.807) is 6.08 Å². The number of hydrogen-bond acceptors (Lipinski definition) is 2. The minimum absolute atomic E-state index is 0.145. The SMILES string of the molecule is C/C=C1/C=C(C(=O)O)CO/C1=C/C. The molecule has 0 aliphatic carbocycles. The molecule has 1 N–H and O–H groups in total. The number of allylic oxidation sites excluding steroid dienone is 3. The fourth-order valence-corrected chi connectivity index (χ4v) is 1.14. The van der Waals surface area contributed by atoms with Crippen LogP contribution in [0.25, 0.3) is 0 Å². The summed E-state index contributed by atoms with van der Waals surface area (Å²) in [5.74, 6) is -0.179. The van der Waals surface area contributed by atoms with Gasteiger partial charge in [0.25, 0.3) is 0 Å². The second-order valence-electron chi connectivity index (χ2n) is 2.66. The molecule has 1 aliphatic rings. The summed E-state index contributed by atoms with van der Waals surface area (Å²) in [5, 5.41) is 8.72. The maximum Gasteiger partial charge on any atom is 0.335 e. The molecule has 0 radical (unpaired) electrons. The van der Waals surface area contributed by atoms with Gasteiger partial charge in [-0.3, -0.25) is 0 Å². The third kappa shape index (κ3) is 1.99. The second-order valence-corrected chi connectivity index (χ2v) is 2.66. The van der Waals surface area contributed by atoms with Gasteiger partial charge in [-0.1, -0.05) is 6.08 Å². The van der Waals surface area contributed by atoms with E-state index in [0.29, 0.717) is 5.57 Å². The summed E-state index contributed by atoms with van der Waals surface area (Å²) in [6.45, 7) is 3.86. The van der Waals surface area contributed by atoms with Crippen LogP contribution in [-0.2, 0) is 9.53 Å². The molecule has 13 heavy (non-hydrogen) atoms. The molecule has 70 valence electrons. The van der Waals surface area contributed by atoms with E-state index >= 15 is 0 Å². The summed E-state index contributed by atoms with van der Waals surface area (Å²) < 4.78 is 5.25. The van der Waals surface area contributed by atoms with E-state index in [2.05, 4.69) is 0 Å². The van der Waals surface area contributed by atoms with Crippen LogP contribution in [0.3, 0.4) is 0 Å². The van der Waals surface area contributed by atoms with Crippen molar-refractivity contribution in [1.82, 2.24) is 0 Å². The molecule has 3 heteroatoms. The molecule has 1 aliphatic heterocycles. The van der Waals surface area contributed by atoms with Gasteiger partial charge in [0.05, 0.1) is 5.57 Å². The van der Waals surface area contributed by atoms with Crippen LogP contribution < -0.4 is 0 Å². The van der Waals surface area contributed by atoms with Gasteiger partial charge in [0.15, 0.2) is 0 Å². The van der Waals surface area contributed by atoms with E-state index in [1.165, 1.54) is 0 Å². The lowest BCUT2D eigenvalue weighted by molar-refractivity contribution is -0.133. The Morgan fingerprint density at radius 3 is 2.69 bits per heavy atom. The number of hydrogen-bond donors (Lipinski definition) is 1. The molecule has 1 rings (SSSR count). The summed E-state index contributed by atoms with van der Waals surface area (Å²) in [6.07, 6.45) is 5.29. The molecular weight excluding hydrogens is 168 g/mol. The molecule has 0 amide bonds. The van der Waals surface area contributed by atoms with Crippen LogP contribution >= 0.6 is 0 Å². The molecule has 0 aromatic heterocycles. The zero-order valence-electron chi connectivity index (χ0n) is 7.70. The Kier molecular flexibility index (Phi) is 2.90. The first kappa shape index (κ1) is 9.58. The zero-order valence-corrected chi connectivity index (χ0v) is 7.70. The van der Waals surface area contributed by atoms with Gasteiger partial charge in [0, 0.05) is 5.57 Å². The summed E-state index contributed by atoms with van der Waals surface area (Å²) >= 11 is 0. The van der Waals surface area contributed by atoms with Crippen molar-refractivity contribution in [3.8, 4) is 0 Å². The largest absolute Gasteiger partial charge is 0.488 e. The fraction of sp³-hybridized carbons (Fsp3) is 0.300. The molecule has 0 saturated heterocycles. The van der Waals surface area contributed by atoms with Gasteiger partial charge in [0.1, 0.15) is 12.4 Å². The molecular formula is C10H12O3. The maximum absolute atomic E-state index is 10.6. The van der Waals surface area contributed by atoms with Crippen molar-refractivity contribution in [2.45, 2.75) is 13.8 Å². The van der Waals surface area contributed by atoms with Gasteiger partial charge >= 0.3 is 5.97 Å². The van der Waals surface area contributed by atoms with Crippen molar-refractivity contribution in [1.29, 1.82) is 0 Å². The van der Waals surface area contributed by atoms with Gasteiger partial charge < -0.3 is 9.84 Å². The minimum Gasteiger partial charge on any atom is -0.488 e. The Morgan fingerprint density at radius 2 is 2.23 bits per heavy atom. The Balaban J connectivity index is 3.00. The molecule has 0 unspecified atom stereocenters. The van der Waals surface area contributed by atoms with Gasteiger partial charge in [-0.25, -0.2) is 4.79 Å². The third-order valence-corrected chi connectivity index (χ3v) is 1.85. The molecule has 0 bridgehead atoms. The summed E-state index contributed by atoms with van der Waals surface area (Å²) in [4.78, 5) is 10.6. The van der Waals surface area contributed by atoms with Crippen LogP contribution in [0.2, 0.25) is 0 Å². The predicted molar refractivity (Wildman–Crippen MR) is 49.2 cm³/mol. The number of carbonyl (C=O) groups is 1. The number of ether oxygens (including phenoxy) is 1. The highest BCUT2D eigenvalue weighted by Gasteiger charge is 2.16. The van der Waals surface area contributed by atoms with Gasteiger partial charge in [-0.15, -0.1) is 0 Å². The van der Waals surface area contributed by atoms with E-state index in [-0.39, 0.29) is 6.61 Å². The zero-order chi connectivity index (χ0) is 9.84. The number of rotatable bonds is 1. The number of carboxylic acids is 1. The van der Waals surface area contributed by atoms with E-state index in [4.69, 9.17) is 9.84 Å². The molecule has 0 aromatic rings. The van der Waals surface area contributed by atoms with Gasteiger partial charge in [-0.2, -0.15) is 0 Å². The lowest BCUT2D eigenvalue weighted by Gasteiger charge is -2.17. The Morgan fingerprint density at radius 1 is 1.54 bits per heavy atom. The number of carboxylic acid groups (broad SMARTS) is 1. The first-order valence-electron chi connectivity index (χ1n) is 4.08. The predicted octanol–water partition coefficient (Wildman–Crippen LogP) is 1.88. The van der Waals surface area contributed by atoms with Crippen LogP contribution in [0.15, 0.2) is 35.1 Å². The van der Waals surface area contributed by atoms with E-state index in [9.17, 15) is 4.79 Å². The molecule has 0 fully saturated rings. The Hall–Kier alpha value is -1.51. The van der Waals surface area contributed by atoms with Crippen molar-refractivity contribution in [2.24, 2.45) is 0 Å².